The highest BCUT2D eigenvalue weighted by atomic mass is 16.2. The maximum absolute atomic E-state index is 11.2. The normalized spacial score (nSPS) is 20.3. The van der Waals surface area contributed by atoms with E-state index in [2.05, 4.69) is 40.0 Å². The highest BCUT2D eigenvalue weighted by molar-refractivity contribution is 5.96. The van der Waals surface area contributed by atoms with Crippen LogP contribution in [0.25, 0.3) is 0 Å². The summed E-state index contributed by atoms with van der Waals surface area (Å²) in [7, 11) is 0. The minimum absolute atomic E-state index is 0.167. The monoisotopic (exact) mass is 454 g/mol. The van der Waals surface area contributed by atoms with Crippen LogP contribution in [0.15, 0.2) is 70.9 Å². The van der Waals surface area contributed by atoms with E-state index in [9.17, 15) is 9.59 Å². The van der Waals surface area contributed by atoms with Crippen molar-refractivity contribution in [1.29, 1.82) is 0 Å². The van der Waals surface area contributed by atoms with Gasteiger partial charge in [0.15, 0.2) is 11.6 Å². The quantitative estimate of drug-likeness (QED) is 0.419. The molecule has 184 valence electrons. The molecular weight excluding hydrogens is 408 g/mol. The van der Waals surface area contributed by atoms with Gasteiger partial charge in [-0.1, -0.05) is 59.8 Å². The van der Waals surface area contributed by atoms with Crippen molar-refractivity contribution in [2.75, 3.05) is 6.61 Å². The maximum atomic E-state index is 11.2. The lowest BCUT2D eigenvalue weighted by Gasteiger charge is -2.18. The van der Waals surface area contributed by atoms with Gasteiger partial charge >= 0.3 is 0 Å². The zero-order chi connectivity index (χ0) is 25.6. The Morgan fingerprint density at radius 3 is 1.61 bits per heavy atom. The number of rotatable bonds is 6. The molecule has 0 spiro atoms. The fourth-order valence-corrected chi connectivity index (χ4v) is 3.40. The SMILES string of the molecule is C=C(C)[C@@H]1CC=C(C)C(=O)C1.C=C(C)[C@H]1CC=C(C)C(=O)C1.CC(C)=CCC/C(C)=C/CO. The van der Waals surface area contributed by atoms with Crippen molar-refractivity contribution in [3.05, 3.63) is 70.9 Å². The number of aliphatic hydroxyl groups excluding tert-OH is 1. The summed E-state index contributed by atoms with van der Waals surface area (Å²) in [5, 5.41) is 8.55. The molecule has 0 fully saturated rings. The number of hydrogen-bond acceptors (Lipinski definition) is 3. The second kappa shape index (κ2) is 16.4. The summed E-state index contributed by atoms with van der Waals surface area (Å²) in [6.45, 7) is 21.9. The number of hydrogen-bond donors (Lipinski definition) is 1. The van der Waals surface area contributed by atoms with Crippen molar-refractivity contribution >= 4 is 11.6 Å². The first-order valence-electron chi connectivity index (χ1n) is 12.0. The average Bonchev–Trinajstić information content (AvgIpc) is 2.72. The summed E-state index contributed by atoms with van der Waals surface area (Å²) in [6.07, 6.45) is 13.6. The minimum Gasteiger partial charge on any atom is -0.392 e. The van der Waals surface area contributed by atoms with Crippen molar-refractivity contribution in [3.8, 4) is 0 Å². The van der Waals surface area contributed by atoms with Gasteiger partial charge in [-0.3, -0.25) is 9.59 Å². The van der Waals surface area contributed by atoms with Crippen molar-refractivity contribution in [1.82, 2.24) is 0 Å². The van der Waals surface area contributed by atoms with E-state index in [0.717, 1.165) is 48.0 Å². The molecule has 0 saturated carbocycles. The van der Waals surface area contributed by atoms with Crippen LogP contribution in [0, 0.1) is 11.8 Å². The lowest BCUT2D eigenvalue weighted by Crippen LogP contribution is -2.14. The summed E-state index contributed by atoms with van der Waals surface area (Å²) in [6, 6.07) is 0. The van der Waals surface area contributed by atoms with E-state index in [4.69, 9.17) is 5.11 Å². The molecule has 3 nitrogen and oxygen atoms in total. The Labute approximate surface area is 202 Å². The molecule has 2 aliphatic rings. The predicted molar refractivity (Wildman–Crippen MR) is 142 cm³/mol. The maximum Gasteiger partial charge on any atom is 0.158 e. The molecule has 2 atom stereocenters. The van der Waals surface area contributed by atoms with Crippen molar-refractivity contribution in [3.63, 3.8) is 0 Å². The summed E-state index contributed by atoms with van der Waals surface area (Å²) in [5.74, 6) is 1.35. The second-order valence-electron chi connectivity index (χ2n) is 9.64. The summed E-state index contributed by atoms with van der Waals surface area (Å²) < 4.78 is 0. The van der Waals surface area contributed by atoms with Crippen LogP contribution in [0.4, 0.5) is 0 Å². The van der Waals surface area contributed by atoms with Crippen LogP contribution >= 0.6 is 0 Å². The number of carbonyl (C=O) groups is 2. The van der Waals surface area contributed by atoms with Crippen LogP contribution < -0.4 is 0 Å². The molecule has 33 heavy (non-hydrogen) atoms. The molecule has 3 heteroatoms. The molecule has 0 heterocycles. The van der Waals surface area contributed by atoms with Crippen molar-refractivity contribution < 1.29 is 14.7 Å². The van der Waals surface area contributed by atoms with Gasteiger partial charge in [-0.15, -0.1) is 0 Å². The summed E-state index contributed by atoms with van der Waals surface area (Å²) in [4.78, 5) is 22.4. The highest BCUT2D eigenvalue weighted by Gasteiger charge is 2.19. The Morgan fingerprint density at radius 2 is 1.30 bits per heavy atom. The second-order valence-corrected chi connectivity index (χ2v) is 9.64. The zero-order valence-corrected chi connectivity index (χ0v) is 22.1. The fraction of sp³-hybridized carbons (Fsp3) is 0.533. The third-order valence-electron chi connectivity index (χ3n) is 6.09. The molecule has 0 bridgehead atoms. The van der Waals surface area contributed by atoms with Crippen molar-refractivity contribution in [2.45, 2.75) is 87.0 Å². The van der Waals surface area contributed by atoms with Gasteiger partial charge in [-0.05, 0) is 97.1 Å². The summed E-state index contributed by atoms with van der Waals surface area (Å²) >= 11 is 0. The Bertz CT molecular complexity index is 763. The van der Waals surface area contributed by atoms with Crippen LogP contribution in [0.1, 0.15) is 87.0 Å². The molecule has 2 aliphatic carbocycles. The van der Waals surface area contributed by atoms with E-state index in [1.54, 1.807) is 0 Å². The molecule has 0 aromatic heterocycles. The average molecular weight is 455 g/mol. The molecule has 0 aliphatic heterocycles. The number of ketones is 2. The highest BCUT2D eigenvalue weighted by Crippen LogP contribution is 2.26. The van der Waals surface area contributed by atoms with Gasteiger partial charge in [-0.25, -0.2) is 0 Å². The third-order valence-corrected chi connectivity index (χ3v) is 6.09. The van der Waals surface area contributed by atoms with Gasteiger partial charge in [0, 0.05) is 12.8 Å². The zero-order valence-electron chi connectivity index (χ0n) is 22.1. The van der Waals surface area contributed by atoms with E-state index in [-0.39, 0.29) is 18.2 Å². The van der Waals surface area contributed by atoms with E-state index < -0.39 is 0 Å². The minimum atomic E-state index is 0.167. The first-order chi connectivity index (χ1) is 15.4. The molecule has 0 saturated heterocycles. The number of aliphatic hydroxyl groups is 1. The number of allylic oxidation sites excluding steroid dienone is 9. The predicted octanol–water partition coefficient (Wildman–Crippen LogP) is 7.65. The van der Waals surface area contributed by atoms with Gasteiger partial charge in [0.2, 0.25) is 0 Å². The Morgan fingerprint density at radius 1 is 0.879 bits per heavy atom. The third kappa shape index (κ3) is 13.8. The number of Topliss-reactive ketones (excluding diaryl/α,β-unsaturated/α-hetero) is 2. The Balaban J connectivity index is 0.000000465. The molecule has 2 rings (SSSR count). The molecule has 0 amide bonds. The molecule has 0 aromatic carbocycles. The first-order valence-corrected chi connectivity index (χ1v) is 12.0. The van der Waals surface area contributed by atoms with E-state index in [0.29, 0.717) is 24.7 Å². The molecule has 0 unspecified atom stereocenters. The van der Waals surface area contributed by atoms with Crippen LogP contribution in [0.3, 0.4) is 0 Å². The Kier molecular flexibility index (Phi) is 15.2. The van der Waals surface area contributed by atoms with E-state index in [1.807, 2.05) is 45.9 Å². The Hall–Kier alpha value is -2.26. The van der Waals surface area contributed by atoms with E-state index in [1.165, 1.54) is 11.1 Å². The van der Waals surface area contributed by atoms with Crippen LogP contribution in [-0.2, 0) is 9.59 Å². The molecule has 0 radical (unpaired) electrons. The lowest BCUT2D eigenvalue weighted by molar-refractivity contribution is -0.117. The summed E-state index contributed by atoms with van der Waals surface area (Å²) in [5.41, 5.74) is 6.72. The van der Waals surface area contributed by atoms with Gasteiger partial charge < -0.3 is 5.11 Å². The van der Waals surface area contributed by atoms with Crippen molar-refractivity contribution in [2.24, 2.45) is 11.8 Å². The van der Waals surface area contributed by atoms with Gasteiger partial charge in [0.05, 0.1) is 6.61 Å². The van der Waals surface area contributed by atoms with Crippen LogP contribution in [-0.4, -0.2) is 23.3 Å². The number of carbonyl (C=O) groups excluding carboxylic acids is 2. The van der Waals surface area contributed by atoms with Gasteiger partial charge in [-0.2, -0.15) is 0 Å². The first kappa shape index (κ1) is 30.7. The van der Waals surface area contributed by atoms with Crippen LogP contribution in [0.5, 0.6) is 0 Å². The smallest absolute Gasteiger partial charge is 0.158 e. The molecule has 1 N–H and O–H groups in total. The van der Waals surface area contributed by atoms with Gasteiger partial charge in [0.1, 0.15) is 0 Å². The van der Waals surface area contributed by atoms with E-state index >= 15 is 0 Å². The molecular formula is C30H46O3. The topological polar surface area (TPSA) is 54.4 Å². The fourth-order valence-electron chi connectivity index (χ4n) is 3.40. The largest absolute Gasteiger partial charge is 0.392 e. The van der Waals surface area contributed by atoms with Gasteiger partial charge in [0.25, 0.3) is 0 Å². The van der Waals surface area contributed by atoms with Crippen LogP contribution in [0.2, 0.25) is 0 Å². The standard InChI is InChI=1S/2C10H14O.C10H18O/c2*1-7(2)9-5-4-8(3)10(11)6-9;1-9(2)5-4-6-10(3)7-8-11/h2*4,9H,1,5-6H2,2-3H3;5,7,11H,4,6,8H2,1-3H3/b;;10-7+/t2*9-;/m10./s1. The lowest BCUT2D eigenvalue weighted by atomic mass is 9.85. The molecule has 0 aromatic rings.